The zero-order chi connectivity index (χ0) is 20.0. The Morgan fingerprint density at radius 1 is 1.00 bits per heavy atom. The van der Waals surface area contributed by atoms with Crippen molar-refractivity contribution in [1.29, 1.82) is 0 Å². The molecule has 0 fully saturated rings. The van der Waals surface area contributed by atoms with E-state index in [1.54, 1.807) is 24.3 Å². The van der Waals surface area contributed by atoms with E-state index in [1.807, 2.05) is 55.5 Å². The fourth-order valence-corrected chi connectivity index (χ4v) is 3.23. The maximum absolute atomic E-state index is 12.1. The molecule has 2 aromatic carbocycles. The highest BCUT2D eigenvalue weighted by molar-refractivity contribution is 14.1. The van der Waals surface area contributed by atoms with Crippen LogP contribution in [0.25, 0.3) is 0 Å². The topological polar surface area (TPSA) is 84.5 Å². The molecule has 0 spiro atoms. The van der Waals surface area contributed by atoms with Crippen molar-refractivity contribution in [2.75, 3.05) is 18.5 Å². The van der Waals surface area contributed by atoms with Crippen LogP contribution in [0, 0.1) is 24.3 Å². The lowest BCUT2D eigenvalue weighted by Crippen LogP contribution is -2.35. The van der Waals surface area contributed by atoms with Crippen molar-refractivity contribution in [3.63, 3.8) is 0 Å². The Kier molecular flexibility index (Phi) is 7.35. The molecule has 0 aliphatic heterocycles. The molecule has 0 atom stereocenters. The number of nitrogens with one attached hydrogen (secondary N) is 2. The summed E-state index contributed by atoms with van der Waals surface area (Å²) in [6.45, 7) is 5.17. The van der Waals surface area contributed by atoms with E-state index in [0.717, 1.165) is 25.9 Å². The summed E-state index contributed by atoms with van der Waals surface area (Å²) in [5.74, 6) is -1.46. The number of halogens is 1. The Hall–Kier alpha value is -2.42. The van der Waals surface area contributed by atoms with Crippen molar-refractivity contribution in [3.05, 3.63) is 62.2 Å². The maximum Gasteiger partial charge on any atom is 0.339 e. The van der Waals surface area contributed by atoms with Crippen LogP contribution in [0.4, 0.5) is 5.69 Å². The van der Waals surface area contributed by atoms with Crippen LogP contribution in [0.5, 0.6) is 0 Å². The van der Waals surface area contributed by atoms with Crippen LogP contribution in [-0.4, -0.2) is 30.9 Å². The number of ether oxygens (including phenoxy) is 1. The zero-order valence-corrected chi connectivity index (χ0v) is 17.5. The number of esters is 1. The van der Waals surface area contributed by atoms with Gasteiger partial charge >= 0.3 is 5.97 Å². The van der Waals surface area contributed by atoms with Gasteiger partial charge in [0.05, 0.1) is 12.1 Å². The third-order valence-electron chi connectivity index (χ3n) is 3.82. The van der Waals surface area contributed by atoms with Gasteiger partial charge in [0.2, 0.25) is 5.91 Å². The highest BCUT2D eigenvalue weighted by Crippen LogP contribution is 2.21. The van der Waals surface area contributed by atoms with Crippen LogP contribution in [0.15, 0.2) is 36.4 Å². The Balaban J connectivity index is 1.81. The van der Waals surface area contributed by atoms with Crippen LogP contribution in [0.1, 0.15) is 27.0 Å². The van der Waals surface area contributed by atoms with Crippen LogP contribution in [0.3, 0.4) is 0 Å². The highest BCUT2D eigenvalue weighted by Gasteiger charge is 2.14. The second-order valence-electron chi connectivity index (χ2n) is 6.15. The first-order valence-corrected chi connectivity index (χ1v) is 9.42. The van der Waals surface area contributed by atoms with Gasteiger partial charge in [-0.1, -0.05) is 29.8 Å². The van der Waals surface area contributed by atoms with Gasteiger partial charge in [-0.25, -0.2) is 4.79 Å². The Morgan fingerprint density at radius 3 is 2.26 bits per heavy atom. The lowest BCUT2D eigenvalue weighted by molar-refractivity contribution is -0.126. The summed E-state index contributed by atoms with van der Waals surface area (Å²) in [5, 5.41) is 5.24. The molecule has 6 nitrogen and oxygen atoms in total. The molecule has 2 N–H and O–H groups in total. The zero-order valence-electron chi connectivity index (χ0n) is 15.4. The SMILES string of the molecule is Cc1cc(C)c(NC(=O)CNC(=O)COC(=O)c2ccccc2I)c(C)c1. The van der Waals surface area contributed by atoms with E-state index < -0.39 is 18.5 Å². The molecule has 0 unspecified atom stereocenters. The Bertz CT molecular complexity index is 857. The average molecular weight is 480 g/mol. The number of benzene rings is 2. The number of hydrogen-bond acceptors (Lipinski definition) is 4. The minimum Gasteiger partial charge on any atom is -0.452 e. The Labute approximate surface area is 171 Å². The third-order valence-corrected chi connectivity index (χ3v) is 4.76. The number of rotatable bonds is 6. The van der Waals surface area contributed by atoms with Gasteiger partial charge < -0.3 is 15.4 Å². The van der Waals surface area contributed by atoms with Gasteiger partial charge in [-0.05, 0) is 66.6 Å². The van der Waals surface area contributed by atoms with Crippen molar-refractivity contribution < 1.29 is 19.1 Å². The summed E-state index contributed by atoms with van der Waals surface area (Å²) in [7, 11) is 0. The van der Waals surface area contributed by atoms with Crippen LogP contribution in [0.2, 0.25) is 0 Å². The minimum atomic E-state index is -0.578. The summed E-state index contributed by atoms with van der Waals surface area (Å²) in [4.78, 5) is 35.9. The van der Waals surface area contributed by atoms with Gasteiger partial charge in [0.25, 0.3) is 5.91 Å². The van der Waals surface area contributed by atoms with Crippen molar-refractivity contribution in [1.82, 2.24) is 5.32 Å². The lowest BCUT2D eigenvalue weighted by Gasteiger charge is -2.13. The molecule has 0 bridgehead atoms. The van der Waals surface area contributed by atoms with E-state index in [2.05, 4.69) is 10.6 Å². The molecule has 142 valence electrons. The van der Waals surface area contributed by atoms with Crippen LogP contribution in [-0.2, 0) is 14.3 Å². The molecule has 0 aliphatic rings. The first kappa shape index (κ1) is 20.9. The van der Waals surface area contributed by atoms with E-state index in [0.29, 0.717) is 5.56 Å². The minimum absolute atomic E-state index is 0.202. The number of hydrogen-bond donors (Lipinski definition) is 2. The monoisotopic (exact) mass is 480 g/mol. The van der Waals surface area contributed by atoms with E-state index in [1.165, 1.54) is 0 Å². The second kappa shape index (κ2) is 9.50. The number of anilines is 1. The van der Waals surface area contributed by atoms with Crippen LogP contribution < -0.4 is 10.6 Å². The molecular formula is C20H21IN2O4. The van der Waals surface area contributed by atoms with Gasteiger partial charge in [-0.3, -0.25) is 9.59 Å². The molecule has 2 rings (SSSR count). The second-order valence-corrected chi connectivity index (χ2v) is 7.32. The summed E-state index contributed by atoms with van der Waals surface area (Å²) >= 11 is 2.02. The predicted molar refractivity (Wildman–Crippen MR) is 112 cm³/mol. The number of aryl methyl sites for hydroxylation is 3. The molecule has 2 amide bonds. The molecule has 0 saturated heterocycles. The molecule has 0 aromatic heterocycles. The van der Waals surface area contributed by atoms with Crippen LogP contribution >= 0.6 is 22.6 Å². The van der Waals surface area contributed by atoms with Crippen molar-refractivity contribution >= 4 is 46.1 Å². The lowest BCUT2D eigenvalue weighted by atomic mass is 10.1. The third kappa shape index (κ3) is 6.06. The molecule has 0 radical (unpaired) electrons. The summed E-state index contributed by atoms with van der Waals surface area (Å²) in [6.07, 6.45) is 0. The Morgan fingerprint density at radius 2 is 1.63 bits per heavy atom. The van der Waals surface area contributed by atoms with E-state index in [9.17, 15) is 14.4 Å². The van der Waals surface area contributed by atoms with E-state index in [4.69, 9.17) is 4.74 Å². The van der Waals surface area contributed by atoms with Gasteiger partial charge in [-0.2, -0.15) is 0 Å². The fourth-order valence-electron chi connectivity index (χ4n) is 2.63. The van der Waals surface area contributed by atoms with Crippen molar-refractivity contribution in [2.45, 2.75) is 20.8 Å². The van der Waals surface area contributed by atoms with Crippen molar-refractivity contribution in [3.8, 4) is 0 Å². The first-order valence-electron chi connectivity index (χ1n) is 8.34. The van der Waals surface area contributed by atoms with Crippen molar-refractivity contribution in [2.24, 2.45) is 0 Å². The molecule has 0 saturated carbocycles. The molecule has 27 heavy (non-hydrogen) atoms. The summed E-state index contributed by atoms with van der Waals surface area (Å²) in [5.41, 5.74) is 4.17. The maximum atomic E-state index is 12.1. The highest BCUT2D eigenvalue weighted by atomic mass is 127. The average Bonchev–Trinajstić information content (AvgIpc) is 2.61. The van der Waals surface area contributed by atoms with Gasteiger partial charge in [0.15, 0.2) is 6.61 Å². The summed E-state index contributed by atoms with van der Waals surface area (Å²) in [6, 6.07) is 10.9. The normalized spacial score (nSPS) is 10.2. The number of amides is 2. The predicted octanol–water partition coefficient (Wildman–Crippen LogP) is 3.13. The quantitative estimate of drug-likeness (QED) is 0.492. The number of carbonyl (C=O) groups excluding carboxylic acids is 3. The fraction of sp³-hybridized carbons (Fsp3) is 0.250. The summed E-state index contributed by atoms with van der Waals surface area (Å²) < 4.78 is 5.72. The molecule has 0 heterocycles. The molecule has 7 heteroatoms. The molecular weight excluding hydrogens is 459 g/mol. The van der Waals surface area contributed by atoms with E-state index in [-0.39, 0.29) is 12.5 Å². The first-order chi connectivity index (χ1) is 12.8. The number of carbonyl (C=O) groups is 3. The largest absolute Gasteiger partial charge is 0.452 e. The smallest absolute Gasteiger partial charge is 0.339 e. The van der Waals surface area contributed by atoms with Gasteiger partial charge in [0.1, 0.15) is 0 Å². The molecule has 2 aromatic rings. The van der Waals surface area contributed by atoms with Gasteiger partial charge in [0, 0.05) is 9.26 Å². The standard InChI is InChI=1S/C20H21IN2O4/c1-12-8-13(2)19(14(3)9-12)23-17(24)10-22-18(25)11-27-20(26)15-6-4-5-7-16(15)21/h4-9H,10-11H2,1-3H3,(H,22,25)(H,23,24). The van der Waals surface area contributed by atoms with Gasteiger partial charge in [-0.15, -0.1) is 0 Å². The molecule has 0 aliphatic carbocycles. The van der Waals surface area contributed by atoms with E-state index >= 15 is 0 Å².